The summed E-state index contributed by atoms with van der Waals surface area (Å²) in [6.07, 6.45) is 0.956. The molecule has 15 heteroatoms. The van der Waals surface area contributed by atoms with Gasteiger partial charge in [0.1, 0.15) is 24.1 Å². The first-order valence-corrected chi connectivity index (χ1v) is 14.4. The van der Waals surface area contributed by atoms with Gasteiger partial charge in [0.15, 0.2) is 5.78 Å². The van der Waals surface area contributed by atoms with Crippen LogP contribution >= 0.6 is 0 Å². The van der Waals surface area contributed by atoms with E-state index in [0.29, 0.717) is 25.8 Å². The lowest BCUT2D eigenvalue weighted by Gasteiger charge is -2.25. The van der Waals surface area contributed by atoms with Crippen molar-refractivity contribution in [1.29, 1.82) is 0 Å². The van der Waals surface area contributed by atoms with E-state index < -0.39 is 67.2 Å². The number of phenolic OH excluding ortho intramolecular Hbond substituents is 1. The average molecular weight is 609 g/mol. The number of aliphatic hydroxyl groups excluding tert-OH is 1. The lowest BCUT2D eigenvalue weighted by molar-refractivity contribution is -0.133. The first kappa shape index (κ1) is 37.4. The molecule has 0 radical (unpaired) electrons. The largest absolute Gasteiger partial charge is 0.508 e. The van der Waals surface area contributed by atoms with E-state index in [4.69, 9.17) is 17.2 Å². The molecule has 242 valence electrons. The first-order chi connectivity index (χ1) is 20.3. The summed E-state index contributed by atoms with van der Waals surface area (Å²) in [5.74, 6) is -3.15. The molecular weight excluding hydrogens is 560 g/mol. The fraction of sp³-hybridized carbons (Fsp3) is 0.607. The van der Waals surface area contributed by atoms with Gasteiger partial charge in [-0.25, -0.2) is 0 Å². The Hall–Kier alpha value is -3.63. The molecule has 15 nitrogen and oxygen atoms in total. The molecular formula is C28H48N8O7. The molecule has 0 fully saturated rings. The molecule has 0 aliphatic rings. The summed E-state index contributed by atoms with van der Waals surface area (Å²) in [6.45, 7) is 4.40. The number of phenols is 1. The molecule has 0 bridgehead atoms. The summed E-state index contributed by atoms with van der Waals surface area (Å²) in [5, 5.41) is 31.9. The van der Waals surface area contributed by atoms with Gasteiger partial charge in [-0.3, -0.25) is 29.3 Å². The molecule has 4 amide bonds. The highest BCUT2D eigenvalue weighted by Gasteiger charge is 2.29. The molecule has 0 saturated carbocycles. The molecule has 0 saturated heterocycles. The second-order valence-corrected chi connectivity index (χ2v) is 10.4. The zero-order chi connectivity index (χ0) is 32.5. The molecule has 0 aromatic heterocycles. The molecule has 1 rings (SSSR count). The van der Waals surface area contributed by atoms with Crippen molar-refractivity contribution in [1.82, 2.24) is 26.6 Å². The Morgan fingerprint density at radius 3 is 2.09 bits per heavy atom. The van der Waals surface area contributed by atoms with E-state index in [1.54, 1.807) is 26.0 Å². The van der Waals surface area contributed by atoms with Crippen LogP contribution in [-0.2, 0) is 30.4 Å². The maximum Gasteiger partial charge on any atom is 0.245 e. The molecule has 0 heterocycles. The summed E-state index contributed by atoms with van der Waals surface area (Å²) in [6, 6.07) is 2.08. The Kier molecular flexibility index (Phi) is 17.0. The minimum absolute atomic E-state index is 0.0823. The van der Waals surface area contributed by atoms with Crippen LogP contribution in [0.5, 0.6) is 5.75 Å². The summed E-state index contributed by atoms with van der Waals surface area (Å²) < 4.78 is 0. The number of hydrogen-bond acceptors (Lipinski definition) is 11. The first-order valence-electron chi connectivity index (χ1n) is 14.4. The zero-order valence-electron chi connectivity index (χ0n) is 25.1. The van der Waals surface area contributed by atoms with E-state index in [-0.39, 0.29) is 30.3 Å². The van der Waals surface area contributed by atoms with Gasteiger partial charge in [-0.1, -0.05) is 39.3 Å². The van der Waals surface area contributed by atoms with Crippen LogP contribution < -0.4 is 43.8 Å². The monoisotopic (exact) mass is 608 g/mol. The smallest absolute Gasteiger partial charge is 0.245 e. The fourth-order valence-corrected chi connectivity index (χ4v) is 4.06. The van der Waals surface area contributed by atoms with Gasteiger partial charge < -0.3 is 48.7 Å². The van der Waals surface area contributed by atoms with Crippen LogP contribution in [0.4, 0.5) is 0 Å². The Balaban J connectivity index is 2.71. The predicted molar refractivity (Wildman–Crippen MR) is 160 cm³/mol. The topological polar surface area (TPSA) is 264 Å². The Labute approximate surface area is 252 Å². The molecule has 1 aromatic rings. The molecule has 0 aliphatic heterocycles. The highest BCUT2D eigenvalue weighted by Crippen LogP contribution is 2.12. The number of rotatable bonds is 20. The van der Waals surface area contributed by atoms with Crippen LogP contribution in [0.3, 0.4) is 0 Å². The van der Waals surface area contributed by atoms with E-state index in [0.717, 1.165) is 5.56 Å². The number of ketones is 1. The van der Waals surface area contributed by atoms with E-state index in [2.05, 4.69) is 26.6 Å². The maximum absolute atomic E-state index is 13.0. The number of benzene rings is 1. The lowest BCUT2D eigenvalue weighted by Crippen LogP contribution is -2.57. The fourth-order valence-electron chi connectivity index (χ4n) is 4.06. The molecule has 0 aliphatic carbocycles. The molecule has 43 heavy (non-hydrogen) atoms. The van der Waals surface area contributed by atoms with Crippen LogP contribution in [-0.4, -0.2) is 89.8 Å². The standard InChI is InChI=1S/C28H48N8O7/c1-4-16(3)24(36-25(41)19(29)13-17-8-10-18(38)11-9-17)27(43)33-14-23(40)34-21(15-37)26(42)35-20(22(39)5-2)7-6-12-32-28(30)31/h8-11,16,19-21,24,28,32,37-38H,4-7,12-15,29-31H2,1-3H3,(H,33,43)(H,34,40)(H,35,42)(H,36,41). The normalized spacial score (nSPS) is 14.6. The van der Waals surface area contributed by atoms with Gasteiger partial charge in [-0.2, -0.15) is 0 Å². The molecule has 0 spiro atoms. The van der Waals surface area contributed by atoms with Gasteiger partial charge in [0.2, 0.25) is 23.6 Å². The van der Waals surface area contributed by atoms with Crippen molar-refractivity contribution in [3.8, 4) is 5.75 Å². The predicted octanol–water partition coefficient (Wildman–Crippen LogP) is -2.58. The van der Waals surface area contributed by atoms with Crippen LogP contribution in [0.2, 0.25) is 0 Å². The number of nitrogens with one attached hydrogen (secondary N) is 5. The number of Topliss-reactive ketones (excluding diaryl/α,β-unsaturated/α-hetero) is 1. The van der Waals surface area contributed by atoms with Crippen molar-refractivity contribution in [2.24, 2.45) is 23.1 Å². The minimum Gasteiger partial charge on any atom is -0.508 e. The molecule has 5 atom stereocenters. The Morgan fingerprint density at radius 1 is 0.884 bits per heavy atom. The number of aromatic hydroxyl groups is 1. The minimum atomic E-state index is -1.37. The summed E-state index contributed by atoms with van der Waals surface area (Å²) in [7, 11) is 0. The molecule has 1 aromatic carbocycles. The molecule has 13 N–H and O–H groups in total. The van der Waals surface area contributed by atoms with E-state index in [9.17, 15) is 34.2 Å². The number of hydrogen-bond donors (Lipinski definition) is 10. The SMILES string of the molecule is CCC(=O)C(CCCNC(N)N)NC(=O)C(CO)NC(=O)CNC(=O)C(NC(=O)C(N)Cc1ccc(O)cc1)C(C)CC. The Morgan fingerprint density at radius 2 is 1.53 bits per heavy atom. The van der Waals surface area contributed by atoms with Crippen molar-refractivity contribution < 1.29 is 34.2 Å². The third kappa shape index (κ3) is 13.9. The van der Waals surface area contributed by atoms with E-state index in [1.165, 1.54) is 12.1 Å². The number of carbonyl (C=O) groups is 5. The van der Waals surface area contributed by atoms with Gasteiger partial charge in [0, 0.05) is 6.42 Å². The summed E-state index contributed by atoms with van der Waals surface area (Å²) in [5.41, 5.74) is 17.6. The van der Waals surface area contributed by atoms with Crippen molar-refractivity contribution in [3.05, 3.63) is 29.8 Å². The second kappa shape index (κ2) is 19.5. The van der Waals surface area contributed by atoms with Crippen LogP contribution in [0, 0.1) is 5.92 Å². The van der Waals surface area contributed by atoms with Gasteiger partial charge >= 0.3 is 0 Å². The van der Waals surface area contributed by atoms with E-state index in [1.807, 2.05) is 6.92 Å². The number of nitrogens with two attached hydrogens (primary N) is 3. The van der Waals surface area contributed by atoms with E-state index >= 15 is 0 Å². The Bertz CT molecular complexity index is 1050. The quantitative estimate of drug-likeness (QED) is 0.0543. The molecule has 5 unspecified atom stereocenters. The third-order valence-corrected chi connectivity index (χ3v) is 6.88. The summed E-state index contributed by atoms with van der Waals surface area (Å²) >= 11 is 0. The van der Waals surface area contributed by atoms with Crippen molar-refractivity contribution in [3.63, 3.8) is 0 Å². The third-order valence-electron chi connectivity index (χ3n) is 6.88. The van der Waals surface area contributed by atoms with Crippen molar-refractivity contribution in [2.45, 2.75) is 83.3 Å². The van der Waals surface area contributed by atoms with Crippen LogP contribution in [0.1, 0.15) is 52.0 Å². The second-order valence-electron chi connectivity index (χ2n) is 10.4. The maximum atomic E-state index is 13.0. The van der Waals surface area contributed by atoms with Gasteiger partial charge in [-0.15, -0.1) is 0 Å². The van der Waals surface area contributed by atoms with Gasteiger partial charge in [0.25, 0.3) is 0 Å². The van der Waals surface area contributed by atoms with Crippen LogP contribution in [0.15, 0.2) is 24.3 Å². The number of amides is 4. The van der Waals surface area contributed by atoms with Crippen molar-refractivity contribution >= 4 is 29.4 Å². The van der Waals surface area contributed by atoms with Gasteiger partial charge in [-0.05, 0) is 49.4 Å². The summed E-state index contributed by atoms with van der Waals surface area (Å²) in [4.78, 5) is 63.3. The average Bonchev–Trinajstić information content (AvgIpc) is 2.98. The number of carbonyl (C=O) groups excluding carboxylic acids is 5. The zero-order valence-corrected chi connectivity index (χ0v) is 25.1. The highest BCUT2D eigenvalue weighted by atomic mass is 16.3. The van der Waals surface area contributed by atoms with Crippen molar-refractivity contribution in [2.75, 3.05) is 19.7 Å². The highest BCUT2D eigenvalue weighted by molar-refractivity contribution is 5.95. The van der Waals surface area contributed by atoms with Crippen LogP contribution in [0.25, 0.3) is 0 Å². The van der Waals surface area contributed by atoms with Gasteiger partial charge in [0.05, 0.1) is 25.2 Å². The lowest BCUT2D eigenvalue weighted by atomic mass is 9.97. The number of aliphatic hydroxyl groups is 1.